The normalized spacial score (nSPS) is 12.0. The van der Waals surface area contributed by atoms with Gasteiger partial charge >= 0.3 is 12.1 Å². The molecule has 7 heteroatoms. The van der Waals surface area contributed by atoms with Crippen molar-refractivity contribution < 1.29 is 23.9 Å². The first-order valence-electron chi connectivity index (χ1n) is 11.1. The van der Waals surface area contributed by atoms with Gasteiger partial charge in [-0.15, -0.1) is 6.58 Å². The van der Waals surface area contributed by atoms with Gasteiger partial charge in [0.2, 0.25) is 5.91 Å². The molecule has 0 aliphatic heterocycles. The molecular formula is C23H42N2O5. The van der Waals surface area contributed by atoms with Crippen LogP contribution in [0.25, 0.3) is 0 Å². The number of methoxy groups -OCH3 is 1. The summed E-state index contributed by atoms with van der Waals surface area (Å²) in [6.45, 7) is 9.55. The molecule has 174 valence electrons. The fourth-order valence-corrected chi connectivity index (χ4v) is 2.91. The summed E-state index contributed by atoms with van der Waals surface area (Å²) in [7, 11) is 1.29. The van der Waals surface area contributed by atoms with E-state index in [-0.39, 0.29) is 5.91 Å². The molecule has 0 saturated carbocycles. The van der Waals surface area contributed by atoms with Crippen LogP contribution in [-0.2, 0) is 19.1 Å². The average molecular weight is 427 g/mol. The number of carbonyl (C=O) groups is 3. The Morgan fingerprint density at radius 2 is 1.60 bits per heavy atom. The molecule has 2 amide bonds. The van der Waals surface area contributed by atoms with Gasteiger partial charge in [0.15, 0.2) is 0 Å². The minimum atomic E-state index is -0.757. The van der Waals surface area contributed by atoms with Crippen LogP contribution in [0.1, 0.15) is 91.4 Å². The summed E-state index contributed by atoms with van der Waals surface area (Å²) in [4.78, 5) is 35.6. The average Bonchev–Trinajstić information content (AvgIpc) is 2.66. The molecule has 30 heavy (non-hydrogen) atoms. The van der Waals surface area contributed by atoms with Gasteiger partial charge < -0.3 is 20.1 Å². The largest absolute Gasteiger partial charge is 0.467 e. The van der Waals surface area contributed by atoms with Crippen LogP contribution in [0.2, 0.25) is 0 Å². The zero-order valence-corrected chi connectivity index (χ0v) is 19.4. The highest BCUT2D eigenvalue weighted by Crippen LogP contribution is 2.10. The van der Waals surface area contributed by atoms with Crippen molar-refractivity contribution in [3.05, 3.63) is 12.7 Å². The van der Waals surface area contributed by atoms with Crippen LogP contribution in [0.3, 0.4) is 0 Å². The highest BCUT2D eigenvalue weighted by atomic mass is 16.6. The molecule has 0 aromatic rings. The number of carbonyl (C=O) groups excluding carboxylic acids is 3. The Labute approximate surface area is 182 Å². The zero-order chi connectivity index (χ0) is 22.8. The molecule has 0 unspecified atom stereocenters. The van der Waals surface area contributed by atoms with Crippen molar-refractivity contribution in [2.24, 2.45) is 0 Å². The Hall–Kier alpha value is -2.05. The van der Waals surface area contributed by atoms with Gasteiger partial charge in [-0.25, -0.2) is 9.59 Å². The highest BCUT2D eigenvalue weighted by Gasteiger charge is 2.24. The second-order valence-corrected chi connectivity index (χ2v) is 8.52. The monoisotopic (exact) mass is 426 g/mol. The number of hydrogen-bond acceptors (Lipinski definition) is 5. The molecule has 0 spiro atoms. The van der Waals surface area contributed by atoms with Crippen LogP contribution in [0, 0.1) is 0 Å². The Bertz CT molecular complexity index is 514. The summed E-state index contributed by atoms with van der Waals surface area (Å²) in [5, 5.41) is 5.46. The van der Waals surface area contributed by atoms with Crippen LogP contribution >= 0.6 is 0 Å². The Morgan fingerprint density at radius 1 is 0.967 bits per heavy atom. The number of unbranched alkanes of at least 4 members (excludes halogenated alkanes) is 7. The van der Waals surface area contributed by atoms with Crippen molar-refractivity contribution in [3.63, 3.8) is 0 Å². The number of esters is 1. The molecule has 2 N–H and O–H groups in total. The zero-order valence-electron chi connectivity index (χ0n) is 19.4. The van der Waals surface area contributed by atoms with E-state index < -0.39 is 23.7 Å². The van der Waals surface area contributed by atoms with Gasteiger partial charge in [-0.2, -0.15) is 0 Å². The third kappa shape index (κ3) is 16.9. The van der Waals surface area contributed by atoms with Gasteiger partial charge in [0, 0.05) is 13.0 Å². The summed E-state index contributed by atoms with van der Waals surface area (Å²) in [5.41, 5.74) is -0.638. The second-order valence-electron chi connectivity index (χ2n) is 8.52. The van der Waals surface area contributed by atoms with E-state index in [0.717, 1.165) is 25.7 Å². The molecule has 0 rings (SSSR count). The fraction of sp³-hybridized carbons (Fsp3) is 0.783. The van der Waals surface area contributed by atoms with E-state index in [1.165, 1.54) is 32.8 Å². The van der Waals surface area contributed by atoms with Crippen LogP contribution in [0.5, 0.6) is 0 Å². The van der Waals surface area contributed by atoms with Gasteiger partial charge in [0.1, 0.15) is 11.6 Å². The summed E-state index contributed by atoms with van der Waals surface area (Å²) < 4.78 is 9.93. The number of amides is 2. The molecule has 0 aromatic carbocycles. The smallest absolute Gasteiger partial charge is 0.408 e. The molecule has 7 nitrogen and oxygen atoms in total. The van der Waals surface area contributed by atoms with Gasteiger partial charge in [-0.1, -0.05) is 31.8 Å². The third-order valence-electron chi connectivity index (χ3n) is 4.48. The first kappa shape index (κ1) is 27.9. The van der Waals surface area contributed by atoms with Gasteiger partial charge in [0.25, 0.3) is 0 Å². The molecule has 0 aliphatic rings. The van der Waals surface area contributed by atoms with Crippen molar-refractivity contribution in [2.45, 2.75) is 103 Å². The lowest BCUT2D eigenvalue weighted by molar-refractivity contribution is -0.143. The molecule has 0 fully saturated rings. The van der Waals surface area contributed by atoms with Crippen LogP contribution < -0.4 is 10.6 Å². The molecule has 0 aromatic heterocycles. The Kier molecular flexibility index (Phi) is 15.6. The van der Waals surface area contributed by atoms with Gasteiger partial charge in [-0.05, 0) is 59.3 Å². The number of alkyl carbamates (subject to hydrolysis) is 1. The van der Waals surface area contributed by atoms with Crippen LogP contribution in [-0.4, -0.2) is 43.3 Å². The van der Waals surface area contributed by atoms with E-state index in [1.54, 1.807) is 20.8 Å². The molecule has 0 saturated heterocycles. The van der Waals surface area contributed by atoms with Crippen molar-refractivity contribution in [2.75, 3.05) is 13.7 Å². The van der Waals surface area contributed by atoms with Crippen molar-refractivity contribution in [1.29, 1.82) is 0 Å². The highest BCUT2D eigenvalue weighted by molar-refractivity contribution is 5.81. The third-order valence-corrected chi connectivity index (χ3v) is 4.48. The van der Waals surface area contributed by atoms with E-state index in [9.17, 15) is 14.4 Å². The van der Waals surface area contributed by atoms with Gasteiger partial charge in [0.05, 0.1) is 7.11 Å². The van der Waals surface area contributed by atoms with E-state index in [0.29, 0.717) is 25.8 Å². The number of nitrogens with one attached hydrogen (secondary N) is 2. The molecule has 0 aliphatic carbocycles. The second kappa shape index (κ2) is 16.7. The minimum Gasteiger partial charge on any atom is -0.467 e. The standard InChI is InChI=1S/C23H42N2O5/c1-6-7-8-9-10-11-12-13-17-20(26)24-18-15-14-16-19(21(27)29-5)25-22(28)30-23(2,3)4/h6,19H,1,7-18H2,2-5H3,(H,24,26)(H,25,28)/t19-/m0/s1. The van der Waals surface area contributed by atoms with E-state index in [2.05, 4.69) is 17.2 Å². The molecule has 0 heterocycles. The first-order chi connectivity index (χ1) is 14.2. The predicted molar refractivity (Wildman–Crippen MR) is 119 cm³/mol. The lowest BCUT2D eigenvalue weighted by atomic mass is 10.1. The predicted octanol–water partition coefficient (Wildman–Crippen LogP) is 4.65. The summed E-state index contributed by atoms with van der Waals surface area (Å²) in [6, 6.07) is -0.757. The van der Waals surface area contributed by atoms with Crippen molar-refractivity contribution in [1.82, 2.24) is 10.6 Å². The van der Waals surface area contributed by atoms with Crippen LogP contribution in [0.4, 0.5) is 4.79 Å². The first-order valence-corrected chi connectivity index (χ1v) is 11.1. The maximum absolute atomic E-state index is 11.9. The summed E-state index contributed by atoms with van der Waals surface area (Å²) in [6.07, 6.45) is 11.6. The maximum atomic E-state index is 11.9. The Morgan fingerprint density at radius 3 is 2.20 bits per heavy atom. The summed E-state index contributed by atoms with van der Waals surface area (Å²) in [5.74, 6) is -0.438. The number of ether oxygens (including phenoxy) is 2. The summed E-state index contributed by atoms with van der Waals surface area (Å²) >= 11 is 0. The SMILES string of the molecule is C=CCCCCCCCCC(=O)NCCCC[C@H](NC(=O)OC(C)(C)C)C(=O)OC. The molecule has 1 atom stereocenters. The Balaban J connectivity index is 3.89. The molecule has 0 radical (unpaired) electrons. The van der Waals surface area contributed by atoms with E-state index in [4.69, 9.17) is 9.47 Å². The van der Waals surface area contributed by atoms with Crippen molar-refractivity contribution in [3.8, 4) is 0 Å². The lowest BCUT2D eigenvalue weighted by Gasteiger charge is -2.22. The van der Waals surface area contributed by atoms with Gasteiger partial charge in [-0.3, -0.25) is 4.79 Å². The number of rotatable bonds is 16. The maximum Gasteiger partial charge on any atom is 0.408 e. The van der Waals surface area contributed by atoms with E-state index in [1.807, 2.05) is 6.08 Å². The van der Waals surface area contributed by atoms with Crippen LogP contribution in [0.15, 0.2) is 12.7 Å². The lowest BCUT2D eigenvalue weighted by Crippen LogP contribution is -2.44. The fourth-order valence-electron chi connectivity index (χ4n) is 2.91. The number of allylic oxidation sites excluding steroid dienone is 1. The van der Waals surface area contributed by atoms with E-state index >= 15 is 0 Å². The molecule has 0 bridgehead atoms. The number of hydrogen-bond donors (Lipinski definition) is 2. The minimum absolute atomic E-state index is 0.0676. The molecular weight excluding hydrogens is 384 g/mol. The topological polar surface area (TPSA) is 93.7 Å². The van der Waals surface area contributed by atoms with Crippen molar-refractivity contribution >= 4 is 18.0 Å². The quantitative estimate of drug-likeness (QED) is 0.213.